The minimum absolute atomic E-state index is 0.264. The average Bonchev–Trinajstić information content (AvgIpc) is 2.67. The summed E-state index contributed by atoms with van der Waals surface area (Å²) >= 11 is 5.26. The number of rotatable bonds is 2. The lowest BCUT2D eigenvalue weighted by Crippen LogP contribution is -1.99. The van der Waals surface area contributed by atoms with Gasteiger partial charge in [0.25, 0.3) is 0 Å². The van der Waals surface area contributed by atoms with E-state index in [9.17, 15) is 4.39 Å². The van der Waals surface area contributed by atoms with Crippen molar-refractivity contribution in [1.29, 1.82) is 0 Å². The monoisotopic (exact) mass is 259 g/mol. The van der Waals surface area contributed by atoms with Gasteiger partial charge in [-0.05, 0) is 48.1 Å². The van der Waals surface area contributed by atoms with E-state index >= 15 is 0 Å². The van der Waals surface area contributed by atoms with Crippen LogP contribution in [-0.2, 0) is 6.54 Å². The number of nitrogens with one attached hydrogen (secondary N) is 1. The molecule has 1 N–H and O–H groups in total. The first-order chi connectivity index (χ1) is 8.74. The van der Waals surface area contributed by atoms with Crippen LogP contribution in [0, 0.1) is 10.6 Å². The summed E-state index contributed by atoms with van der Waals surface area (Å²) in [6, 6.07) is 8.44. The van der Waals surface area contributed by atoms with Gasteiger partial charge in [0.1, 0.15) is 5.82 Å². The fraction of sp³-hybridized carbons (Fsp3) is 0.0769. The van der Waals surface area contributed by atoms with Crippen LogP contribution in [0.3, 0.4) is 0 Å². The summed E-state index contributed by atoms with van der Waals surface area (Å²) in [4.78, 5) is 7.04. The van der Waals surface area contributed by atoms with E-state index in [0.29, 0.717) is 11.3 Å². The molecule has 0 aliphatic rings. The molecule has 0 radical (unpaired) electrons. The van der Waals surface area contributed by atoms with E-state index in [1.807, 2.05) is 16.7 Å². The number of nitrogens with zero attached hydrogens (tertiary/aromatic N) is 2. The van der Waals surface area contributed by atoms with Crippen LogP contribution in [0.25, 0.3) is 11.0 Å². The Morgan fingerprint density at radius 2 is 2.00 bits per heavy atom. The normalized spacial score (nSPS) is 10.9. The number of benzene rings is 1. The number of pyridine rings is 1. The number of halogens is 1. The predicted octanol–water partition coefficient (Wildman–Crippen LogP) is 3.28. The molecule has 0 fully saturated rings. The highest BCUT2D eigenvalue weighted by molar-refractivity contribution is 7.71. The summed E-state index contributed by atoms with van der Waals surface area (Å²) in [5, 5.41) is 0. The predicted molar refractivity (Wildman–Crippen MR) is 70.4 cm³/mol. The molecule has 18 heavy (non-hydrogen) atoms. The van der Waals surface area contributed by atoms with Gasteiger partial charge in [-0.2, -0.15) is 0 Å². The van der Waals surface area contributed by atoms with Crippen molar-refractivity contribution in [2.24, 2.45) is 0 Å². The highest BCUT2D eigenvalue weighted by Crippen LogP contribution is 2.17. The number of hydrogen-bond donors (Lipinski definition) is 1. The second-order valence-corrected chi connectivity index (χ2v) is 4.42. The fourth-order valence-corrected chi connectivity index (χ4v) is 2.23. The van der Waals surface area contributed by atoms with Crippen LogP contribution in [-0.4, -0.2) is 14.5 Å². The lowest BCUT2D eigenvalue weighted by Gasteiger charge is -2.04. The Morgan fingerprint density at radius 1 is 1.22 bits per heavy atom. The third-order valence-electron chi connectivity index (χ3n) is 2.83. The summed E-state index contributed by atoms with van der Waals surface area (Å²) in [5.74, 6) is -0.264. The molecule has 2 heterocycles. The Bertz CT molecular complexity index is 746. The van der Waals surface area contributed by atoms with Gasteiger partial charge in [0.2, 0.25) is 0 Å². The maximum atomic E-state index is 13.3. The molecule has 0 amide bonds. The van der Waals surface area contributed by atoms with Crippen LogP contribution in [0.4, 0.5) is 4.39 Å². The van der Waals surface area contributed by atoms with E-state index in [0.717, 1.165) is 16.6 Å². The first-order valence-electron chi connectivity index (χ1n) is 5.51. The number of H-pyrrole nitrogens is 1. The molecule has 0 unspecified atom stereocenters. The van der Waals surface area contributed by atoms with Gasteiger partial charge in [0, 0.05) is 12.4 Å². The zero-order valence-electron chi connectivity index (χ0n) is 9.43. The molecule has 3 aromatic rings. The highest BCUT2D eigenvalue weighted by Gasteiger charge is 2.06. The molecule has 0 bridgehead atoms. The molecule has 0 saturated heterocycles. The van der Waals surface area contributed by atoms with E-state index in [4.69, 9.17) is 12.2 Å². The van der Waals surface area contributed by atoms with Crippen molar-refractivity contribution >= 4 is 23.3 Å². The maximum Gasteiger partial charge on any atom is 0.178 e. The third-order valence-corrected chi connectivity index (χ3v) is 3.15. The van der Waals surface area contributed by atoms with Crippen LogP contribution in [0.2, 0.25) is 0 Å². The van der Waals surface area contributed by atoms with E-state index in [1.54, 1.807) is 18.5 Å². The van der Waals surface area contributed by atoms with E-state index in [-0.39, 0.29) is 5.82 Å². The molecule has 3 nitrogen and oxygen atoms in total. The highest BCUT2D eigenvalue weighted by atomic mass is 32.1. The van der Waals surface area contributed by atoms with Gasteiger partial charge in [-0.15, -0.1) is 0 Å². The smallest absolute Gasteiger partial charge is 0.178 e. The van der Waals surface area contributed by atoms with Crippen molar-refractivity contribution in [2.75, 3.05) is 0 Å². The molecule has 2 aromatic heterocycles. The Morgan fingerprint density at radius 3 is 2.78 bits per heavy atom. The van der Waals surface area contributed by atoms with E-state index in [1.165, 1.54) is 12.1 Å². The molecule has 0 atom stereocenters. The minimum Gasteiger partial charge on any atom is -0.331 e. The SMILES string of the molecule is Fc1ccc2[nH]c(=S)n(Cc3ccncc3)c2c1. The molecule has 3 rings (SSSR count). The van der Waals surface area contributed by atoms with Crippen molar-refractivity contribution in [3.8, 4) is 0 Å². The molecule has 0 saturated carbocycles. The Kier molecular flexibility index (Phi) is 2.68. The summed E-state index contributed by atoms with van der Waals surface area (Å²) in [7, 11) is 0. The molecular formula is C13H10FN3S. The number of aromatic amines is 1. The van der Waals surface area contributed by atoms with Crippen molar-refractivity contribution < 1.29 is 4.39 Å². The summed E-state index contributed by atoms with van der Waals surface area (Å²) < 4.78 is 15.8. The van der Waals surface area contributed by atoms with Crippen LogP contribution < -0.4 is 0 Å². The van der Waals surface area contributed by atoms with Gasteiger partial charge < -0.3 is 9.55 Å². The zero-order chi connectivity index (χ0) is 12.5. The average molecular weight is 259 g/mol. The van der Waals surface area contributed by atoms with Crippen LogP contribution in [0.15, 0.2) is 42.7 Å². The van der Waals surface area contributed by atoms with Gasteiger partial charge >= 0.3 is 0 Å². The topological polar surface area (TPSA) is 33.6 Å². The van der Waals surface area contributed by atoms with Gasteiger partial charge in [0.15, 0.2) is 4.77 Å². The van der Waals surface area contributed by atoms with Gasteiger partial charge in [-0.1, -0.05) is 0 Å². The Balaban J connectivity index is 2.14. The maximum absolute atomic E-state index is 13.3. The number of fused-ring (bicyclic) bond motifs is 1. The largest absolute Gasteiger partial charge is 0.331 e. The van der Waals surface area contributed by atoms with Crippen molar-refractivity contribution in [1.82, 2.24) is 14.5 Å². The van der Waals surface area contributed by atoms with Crippen molar-refractivity contribution in [3.63, 3.8) is 0 Å². The van der Waals surface area contributed by atoms with Crippen molar-refractivity contribution in [2.45, 2.75) is 6.54 Å². The van der Waals surface area contributed by atoms with E-state index < -0.39 is 0 Å². The fourth-order valence-electron chi connectivity index (χ4n) is 1.95. The van der Waals surface area contributed by atoms with Crippen LogP contribution >= 0.6 is 12.2 Å². The second kappa shape index (κ2) is 4.34. The molecule has 5 heteroatoms. The van der Waals surface area contributed by atoms with E-state index in [2.05, 4.69) is 9.97 Å². The third kappa shape index (κ3) is 1.93. The Labute approximate surface area is 108 Å². The summed E-state index contributed by atoms with van der Waals surface area (Å²) in [5.41, 5.74) is 2.69. The van der Waals surface area contributed by atoms with Crippen molar-refractivity contribution in [3.05, 3.63) is 58.9 Å². The zero-order valence-corrected chi connectivity index (χ0v) is 10.2. The standard InChI is InChI=1S/C13H10FN3S/c14-10-1-2-11-12(7-10)17(13(18)16-11)8-9-3-5-15-6-4-9/h1-7H,8H2,(H,16,18). The summed E-state index contributed by atoms with van der Waals surface area (Å²) in [6.07, 6.45) is 3.46. The molecule has 0 spiro atoms. The number of aromatic nitrogens is 3. The van der Waals surface area contributed by atoms with Crippen LogP contribution in [0.1, 0.15) is 5.56 Å². The quantitative estimate of drug-likeness (QED) is 0.716. The number of hydrogen-bond acceptors (Lipinski definition) is 2. The molecular weight excluding hydrogens is 249 g/mol. The number of imidazole rings is 1. The molecule has 0 aliphatic heterocycles. The lowest BCUT2D eigenvalue weighted by molar-refractivity contribution is 0.628. The van der Waals surface area contributed by atoms with Gasteiger partial charge in [0.05, 0.1) is 17.6 Å². The minimum atomic E-state index is -0.264. The van der Waals surface area contributed by atoms with Gasteiger partial charge in [-0.25, -0.2) is 4.39 Å². The van der Waals surface area contributed by atoms with Crippen LogP contribution in [0.5, 0.6) is 0 Å². The molecule has 0 aliphatic carbocycles. The molecule has 1 aromatic carbocycles. The first-order valence-corrected chi connectivity index (χ1v) is 5.92. The first kappa shape index (κ1) is 11.1. The van der Waals surface area contributed by atoms with Gasteiger partial charge in [-0.3, -0.25) is 4.98 Å². The second-order valence-electron chi connectivity index (χ2n) is 4.03. The lowest BCUT2D eigenvalue weighted by atomic mass is 10.2. The Hall–Kier alpha value is -2.01. The molecule has 90 valence electrons. The summed E-state index contributed by atoms with van der Waals surface area (Å²) in [6.45, 7) is 0.602.